The summed E-state index contributed by atoms with van der Waals surface area (Å²) < 4.78 is 85.8. The van der Waals surface area contributed by atoms with Crippen LogP contribution in [-0.4, -0.2) is 29.3 Å². The smallest absolute Gasteiger partial charge is 0.424 e. The standard InChI is InChI=1S/C29H29F6NO3/c1-26-14-13-20-19-9-8-17(25(38)39)15-16(19)7-10-21(20)22(26)11-12-23(26)24(37)36-27(28(30,31)32,29(33,34)35)18-5-3-2-4-6-18/h2-6,8-9,15,20-23H,7,10-14H2,1H3,(H,36,37)(H,38,39)/t20-,21-,22+,23-,26+/m1/s1. The van der Waals surface area contributed by atoms with Gasteiger partial charge in [0.2, 0.25) is 5.91 Å². The van der Waals surface area contributed by atoms with E-state index >= 15 is 0 Å². The number of hydrogen-bond acceptors (Lipinski definition) is 2. The molecule has 0 spiro atoms. The van der Waals surface area contributed by atoms with Gasteiger partial charge in [-0.15, -0.1) is 0 Å². The zero-order valence-electron chi connectivity index (χ0n) is 21.2. The van der Waals surface area contributed by atoms with Crippen LogP contribution in [0.1, 0.15) is 72.0 Å². The summed E-state index contributed by atoms with van der Waals surface area (Å²) in [4.78, 5) is 24.9. The van der Waals surface area contributed by atoms with Gasteiger partial charge in [-0.1, -0.05) is 43.3 Å². The first-order chi connectivity index (χ1) is 18.2. The molecule has 3 aliphatic carbocycles. The second-order valence-electron chi connectivity index (χ2n) is 11.4. The molecule has 210 valence electrons. The molecule has 0 saturated heterocycles. The van der Waals surface area contributed by atoms with Crippen LogP contribution in [0.25, 0.3) is 0 Å². The highest BCUT2D eigenvalue weighted by molar-refractivity contribution is 5.88. The van der Waals surface area contributed by atoms with Crippen LogP contribution < -0.4 is 5.32 Å². The van der Waals surface area contributed by atoms with Crippen molar-refractivity contribution in [2.75, 3.05) is 0 Å². The summed E-state index contributed by atoms with van der Waals surface area (Å²) in [5.74, 6) is -3.03. The lowest BCUT2D eigenvalue weighted by atomic mass is 9.54. The van der Waals surface area contributed by atoms with E-state index in [4.69, 9.17) is 0 Å². The average Bonchev–Trinajstić information content (AvgIpc) is 3.23. The number of hydrogen-bond donors (Lipinski definition) is 2. The van der Waals surface area contributed by atoms with Crippen molar-refractivity contribution in [2.45, 2.75) is 69.3 Å². The molecule has 2 fully saturated rings. The van der Waals surface area contributed by atoms with Crippen molar-refractivity contribution >= 4 is 11.9 Å². The maximum atomic E-state index is 14.3. The van der Waals surface area contributed by atoms with Crippen LogP contribution >= 0.6 is 0 Å². The van der Waals surface area contributed by atoms with Gasteiger partial charge in [-0.2, -0.15) is 26.3 Å². The molecule has 0 aromatic heterocycles. The van der Waals surface area contributed by atoms with E-state index < -0.39 is 46.7 Å². The second kappa shape index (κ2) is 9.27. The fourth-order valence-electron chi connectivity index (χ4n) is 7.81. The van der Waals surface area contributed by atoms with Crippen molar-refractivity contribution < 1.29 is 41.0 Å². The van der Waals surface area contributed by atoms with E-state index in [-0.39, 0.29) is 29.7 Å². The third-order valence-electron chi connectivity index (χ3n) is 9.66. The van der Waals surface area contributed by atoms with Gasteiger partial charge >= 0.3 is 18.3 Å². The summed E-state index contributed by atoms with van der Waals surface area (Å²) >= 11 is 0. The number of carbonyl (C=O) groups is 2. The Hall–Kier alpha value is -3.04. The number of aryl methyl sites for hydroxylation is 1. The number of rotatable bonds is 4. The average molecular weight is 554 g/mol. The van der Waals surface area contributed by atoms with Crippen LogP contribution in [-0.2, 0) is 16.8 Å². The molecule has 10 heteroatoms. The molecule has 5 atom stereocenters. The molecule has 2 saturated carbocycles. The van der Waals surface area contributed by atoms with E-state index in [1.807, 2.05) is 13.0 Å². The highest BCUT2D eigenvalue weighted by Crippen LogP contribution is 2.63. The van der Waals surface area contributed by atoms with E-state index in [1.165, 1.54) is 11.4 Å². The molecule has 0 unspecified atom stereocenters. The number of alkyl halides is 6. The Morgan fingerprint density at radius 1 is 0.923 bits per heavy atom. The summed E-state index contributed by atoms with van der Waals surface area (Å²) in [6.07, 6.45) is -8.41. The number of fused-ring (bicyclic) bond motifs is 5. The Balaban J connectivity index is 1.44. The lowest BCUT2D eigenvalue weighted by Crippen LogP contribution is -2.66. The normalized spacial score (nSPS) is 28.7. The summed E-state index contributed by atoms with van der Waals surface area (Å²) in [6.45, 7) is 1.83. The molecule has 5 rings (SSSR count). The van der Waals surface area contributed by atoms with Gasteiger partial charge in [0.1, 0.15) is 0 Å². The number of carbonyl (C=O) groups excluding carboxylic acids is 1. The van der Waals surface area contributed by atoms with Gasteiger partial charge in [-0.25, -0.2) is 4.79 Å². The molecule has 3 aliphatic rings. The topological polar surface area (TPSA) is 66.4 Å². The highest BCUT2D eigenvalue weighted by Gasteiger charge is 2.73. The van der Waals surface area contributed by atoms with E-state index in [2.05, 4.69) is 0 Å². The first kappa shape index (κ1) is 27.5. The van der Waals surface area contributed by atoms with Crippen LogP contribution in [0.3, 0.4) is 0 Å². The Kier molecular flexibility index (Phi) is 6.54. The van der Waals surface area contributed by atoms with Crippen LogP contribution in [0.15, 0.2) is 48.5 Å². The fraction of sp³-hybridized carbons (Fsp3) is 0.517. The molecular weight excluding hydrogens is 524 g/mol. The van der Waals surface area contributed by atoms with Gasteiger partial charge in [-0.3, -0.25) is 4.79 Å². The first-order valence-corrected chi connectivity index (χ1v) is 13.1. The van der Waals surface area contributed by atoms with Gasteiger partial charge in [-0.05, 0) is 90.5 Å². The van der Waals surface area contributed by atoms with Gasteiger partial charge in [0.25, 0.3) is 5.54 Å². The number of halogens is 6. The van der Waals surface area contributed by atoms with E-state index in [9.17, 15) is 41.0 Å². The Bertz CT molecular complexity index is 1260. The van der Waals surface area contributed by atoms with Gasteiger partial charge in [0, 0.05) is 5.92 Å². The van der Waals surface area contributed by atoms with Crippen molar-refractivity contribution in [2.24, 2.45) is 23.2 Å². The van der Waals surface area contributed by atoms with Gasteiger partial charge < -0.3 is 10.4 Å². The molecule has 0 radical (unpaired) electrons. The predicted octanol–water partition coefficient (Wildman–Crippen LogP) is 6.99. The first-order valence-electron chi connectivity index (χ1n) is 13.1. The maximum absolute atomic E-state index is 14.3. The minimum Gasteiger partial charge on any atom is -0.478 e. The second-order valence-corrected chi connectivity index (χ2v) is 11.4. The fourth-order valence-corrected chi connectivity index (χ4v) is 7.81. The lowest BCUT2D eigenvalue weighted by molar-refractivity contribution is -0.312. The molecule has 2 N–H and O–H groups in total. The van der Waals surface area contributed by atoms with E-state index in [0.29, 0.717) is 25.7 Å². The Morgan fingerprint density at radius 2 is 1.59 bits per heavy atom. The van der Waals surface area contributed by atoms with Crippen molar-refractivity contribution in [1.82, 2.24) is 5.32 Å². The molecule has 4 nitrogen and oxygen atoms in total. The van der Waals surface area contributed by atoms with Crippen LogP contribution in [0.5, 0.6) is 0 Å². The van der Waals surface area contributed by atoms with Crippen molar-refractivity contribution in [1.29, 1.82) is 0 Å². The Labute approximate surface area is 221 Å². The molecular formula is C29H29F6NO3. The number of aromatic carboxylic acids is 1. The van der Waals surface area contributed by atoms with E-state index in [0.717, 1.165) is 41.8 Å². The molecule has 0 bridgehead atoms. The SMILES string of the molecule is C[C@]12CC[C@@H]3c4ccc(C(=O)O)cc4CC[C@H]3[C@@H]1CC[C@@H]2C(=O)NC(c1ccccc1)(C(F)(F)F)C(F)(F)F. The predicted molar refractivity (Wildman–Crippen MR) is 130 cm³/mol. The van der Waals surface area contributed by atoms with E-state index in [1.54, 1.807) is 12.1 Å². The maximum Gasteiger partial charge on any atom is 0.424 e. The zero-order valence-corrected chi connectivity index (χ0v) is 21.2. The number of carboxylic acid groups (broad SMARTS) is 1. The summed E-state index contributed by atoms with van der Waals surface area (Å²) in [5.41, 5.74) is -4.11. The largest absolute Gasteiger partial charge is 0.478 e. The number of benzene rings is 2. The van der Waals surface area contributed by atoms with Crippen LogP contribution in [0.2, 0.25) is 0 Å². The highest BCUT2D eigenvalue weighted by atomic mass is 19.4. The van der Waals surface area contributed by atoms with Crippen molar-refractivity contribution in [3.05, 3.63) is 70.8 Å². The lowest BCUT2D eigenvalue weighted by Gasteiger charge is -2.51. The summed E-state index contributed by atoms with van der Waals surface area (Å²) in [6, 6.07) is 10.0. The third-order valence-corrected chi connectivity index (χ3v) is 9.66. The van der Waals surface area contributed by atoms with Crippen molar-refractivity contribution in [3.63, 3.8) is 0 Å². The van der Waals surface area contributed by atoms with Crippen molar-refractivity contribution in [3.8, 4) is 0 Å². The van der Waals surface area contributed by atoms with Gasteiger partial charge in [0.05, 0.1) is 5.56 Å². The molecule has 0 heterocycles. The molecule has 1 amide bonds. The zero-order chi connectivity index (χ0) is 28.4. The monoisotopic (exact) mass is 553 g/mol. The minimum absolute atomic E-state index is 0.0396. The quantitative estimate of drug-likeness (QED) is 0.401. The summed E-state index contributed by atoms with van der Waals surface area (Å²) in [5, 5.41) is 10.8. The molecule has 0 aliphatic heterocycles. The van der Waals surface area contributed by atoms with Crippen LogP contribution in [0, 0.1) is 23.2 Å². The molecule has 2 aromatic rings. The number of amides is 1. The summed E-state index contributed by atoms with van der Waals surface area (Å²) in [7, 11) is 0. The van der Waals surface area contributed by atoms with Gasteiger partial charge in [0.15, 0.2) is 0 Å². The number of carboxylic acids is 1. The van der Waals surface area contributed by atoms with Crippen LogP contribution in [0.4, 0.5) is 26.3 Å². The molecule has 2 aromatic carbocycles. The third kappa shape index (κ3) is 4.21. The Morgan fingerprint density at radius 3 is 2.21 bits per heavy atom. The minimum atomic E-state index is -5.82. The number of nitrogens with one attached hydrogen (secondary N) is 1. The molecule has 39 heavy (non-hydrogen) atoms.